The predicted octanol–water partition coefficient (Wildman–Crippen LogP) is 5.33. The Labute approximate surface area is 142 Å². The van der Waals surface area contributed by atoms with Gasteiger partial charge in [-0.1, -0.05) is 75.2 Å². The maximum absolute atomic E-state index is 4.82. The van der Waals surface area contributed by atoms with Crippen LogP contribution >= 0.6 is 0 Å². The smallest absolute Gasteiger partial charge is 0.0799 e. The number of aryl methyl sites for hydroxylation is 1. The molecule has 2 aromatic rings. The third-order valence-electron chi connectivity index (χ3n) is 5.13. The maximum Gasteiger partial charge on any atom is 0.0799 e. The monoisotopic (exact) mass is 323 g/mol. The molecule has 2 heteroatoms. The fourth-order valence-electron chi connectivity index (χ4n) is 3.75. The van der Waals surface area contributed by atoms with Crippen molar-refractivity contribution in [2.24, 2.45) is 5.92 Å². The fraction of sp³-hybridized carbons (Fsp3) is 0.476. The SMILES string of the molecule is Cc1ccc(-c2cc(CC3CCCC3)c([Si](C)(C)C)cn2)cc1. The number of rotatable bonds is 4. The van der Waals surface area contributed by atoms with Crippen LogP contribution in [0.25, 0.3) is 11.3 Å². The van der Waals surface area contributed by atoms with E-state index >= 15 is 0 Å². The molecule has 0 amide bonds. The summed E-state index contributed by atoms with van der Waals surface area (Å²) in [6, 6.07) is 11.1. The van der Waals surface area contributed by atoms with Crippen LogP contribution in [0.4, 0.5) is 0 Å². The van der Waals surface area contributed by atoms with Crippen molar-refractivity contribution in [3.63, 3.8) is 0 Å². The van der Waals surface area contributed by atoms with Crippen molar-refractivity contribution >= 4 is 13.3 Å². The summed E-state index contributed by atoms with van der Waals surface area (Å²) in [7, 11) is -1.35. The van der Waals surface area contributed by atoms with E-state index in [0.717, 1.165) is 11.6 Å². The maximum atomic E-state index is 4.82. The van der Waals surface area contributed by atoms with E-state index in [2.05, 4.69) is 63.1 Å². The second-order valence-electron chi connectivity index (χ2n) is 8.20. The van der Waals surface area contributed by atoms with E-state index in [4.69, 9.17) is 4.98 Å². The standard InChI is InChI=1S/C21H29NSi/c1-16-9-11-18(12-10-16)20-14-19(13-17-7-5-6-8-17)21(15-22-20)23(2,3)4/h9-12,14-15,17H,5-8,13H2,1-4H3. The van der Waals surface area contributed by atoms with Crippen LogP contribution < -0.4 is 5.19 Å². The quantitative estimate of drug-likeness (QED) is 0.693. The molecule has 1 fully saturated rings. The molecule has 0 radical (unpaired) electrons. The van der Waals surface area contributed by atoms with Crippen molar-refractivity contribution < 1.29 is 0 Å². The molecule has 0 bridgehead atoms. The highest BCUT2D eigenvalue weighted by Crippen LogP contribution is 2.29. The minimum absolute atomic E-state index is 0.887. The predicted molar refractivity (Wildman–Crippen MR) is 103 cm³/mol. The zero-order valence-electron chi connectivity index (χ0n) is 15.0. The van der Waals surface area contributed by atoms with Crippen LogP contribution in [0.1, 0.15) is 36.8 Å². The zero-order valence-corrected chi connectivity index (χ0v) is 16.0. The highest BCUT2D eigenvalue weighted by molar-refractivity contribution is 6.89. The summed E-state index contributed by atoms with van der Waals surface area (Å²) >= 11 is 0. The van der Waals surface area contributed by atoms with Crippen LogP contribution in [0.3, 0.4) is 0 Å². The normalized spacial score (nSPS) is 16.0. The summed E-state index contributed by atoms with van der Waals surface area (Å²) in [6.45, 7) is 9.45. The summed E-state index contributed by atoms with van der Waals surface area (Å²) in [4.78, 5) is 4.82. The van der Waals surface area contributed by atoms with Crippen LogP contribution in [-0.4, -0.2) is 13.1 Å². The van der Waals surface area contributed by atoms with Crippen LogP contribution in [0.5, 0.6) is 0 Å². The number of nitrogens with zero attached hydrogens (tertiary/aromatic N) is 1. The average Bonchev–Trinajstić information content (AvgIpc) is 3.00. The van der Waals surface area contributed by atoms with E-state index in [1.54, 1.807) is 10.8 Å². The summed E-state index contributed by atoms with van der Waals surface area (Å²) in [5.41, 5.74) is 5.26. The third kappa shape index (κ3) is 3.92. The second kappa shape index (κ2) is 6.60. The van der Waals surface area contributed by atoms with Gasteiger partial charge in [-0.25, -0.2) is 0 Å². The number of hydrogen-bond acceptors (Lipinski definition) is 1. The lowest BCUT2D eigenvalue weighted by molar-refractivity contribution is 0.547. The molecule has 1 aromatic carbocycles. The van der Waals surface area contributed by atoms with Crippen molar-refractivity contribution in [1.29, 1.82) is 0 Å². The van der Waals surface area contributed by atoms with Gasteiger partial charge in [-0.05, 0) is 36.1 Å². The molecule has 1 heterocycles. The molecule has 3 rings (SSSR count). The van der Waals surface area contributed by atoms with Gasteiger partial charge < -0.3 is 0 Å². The minimum atomic E-state index is -1.35. The molecular weight excluding hydrogens is 294 g/mol. The van der Waals surface area contributed by atoms with Gasteiger partial charge in [-0.2, -0.15) is 0 Å². The lowest BCUT2D eigenvalue weighted by Crippen LogP contribution is -2.41. The van der Waals surface area contributed by atoms with Gasteiger partial charge >= 0.3 is 0 Å². The Bertz CT molecular complexity index is 661. The summed E-state index contributed by atoms with van der Waals surface area (Å²) in [5.74, 6) is 0.887. The molecule has 122 valence electrons. The fourth-order valence-corrected chi connectivity index (χ4v) is 5.34. The van der Waals surface area contributed by atoms with Gasteiger partial charge in [0.05, 0.1) is 13.8 Å². The van der Waals surface area contributed by atoms with Gasteiger partial charge in [-0.15, -0.1) is 0 Å². The van der Waals surface area contributed by atoms with Gasteiger partial charge in [0.15, 0.2) is 0 Å². The Morgan fingerprint density at radius 1 is 1.04 bits per heavy atom. The summed E-state index contributed by atoms with van der Waals surface area (Å²) in [6.07, 6.45) is 9.10. The Morgan fingerprint density at radius 2 is 1.70 bits per heavy atom. The number of hydrogen-bond donors (Lipinski definition) is 0. The highest BCUT2D eigenvalue weighted by atomic mass is 28.3. The Hall–Kier alpha value is -1.41. The van der Waals surface area contributed by atoms with Gasteiger partial charge in [0.2, 0.25) is 0 Å². The molecular formula is C21H29NSi. The molecule has 0 aliphatic heterocycles. The molecule has 0 unspecified atom stereocenters. The Morgan fingerprint density at radius 3 is 2.30 bits per heavy atom. The summed E-state index contributed by atoms with van der Waals surface area (Å²) in [5, 5.41) is 1.56. The first kappa shape index (κ1) is 16.4. The molecule has 0 N–H and O–H groups in total. The number of pyridine rings is 1. The van der Waals surface area contributed by atoms with Crippen molar-refractivity contribution in [2.75, 3.05) is 0 Å². The van der Waals surface area contributed by atoms with E-state index in [1.807, 2.05) is 0 Å². The third-order valence-corrected chi connectivity index (χ3v) is 7.19. The first-order valence-electron chi connectivity index (χ1n) is 9.00. The van der Waals surface area contributed by atoms with Crippen molar-refractivity contribution in [1.82, 2.24) is 4.98 Å². The van der Waals surface area contributed by atoms with Gasteiger partial charge in [0.25, 0.3) is 0 Å². The molecule has 0 saturated heterocycles. The zero-order chi connectivity index (χ0) is 16.4. The van der Waals surface area contributed by atoms with E-state index in [9.17, 15) is 0 Å². The van der Waals surface area contributed by atoms with Crippen LogP contribution in [-0.2, 0) is 6.42 Å². The van der Waals surface area contributed by atoms with Crippen LogP contribution in [0.15, 0.2) is 36.5 Å². The minimum Gasteiger partial charge on any atom is -0.256 e. The molecule has 23 heavy (non-hydrogen) atoms. The van der Waals surface area contributed by atoms with Crippen molar-refractivity contribution in [3.8, 4) is 11.3 Å². The first-order chi connectivity index (χ1) is 10.9. The molecule has 1 nitrogen and oxygen atoms in total. The first-order valence-corrected chi connectivity index (χ1v) is 12.5. The van der Waals surface area contributed by atoms with Crippen LogP contribution in [0, 0.1) is 12.8 Å². The molecule has 1 aliphatic carbocycles. The lowest BCUT2D eigenvalue weighted by atomic mass is 9.97. The molecule has 1 saturated carbocycles. The lowest BCUT2D eigenvalue weighted by Gasteiger charge is -2.23. The van der Waals surface area contributed by atoms with E-state index < -0.39 is 8.07 Å². The van der Waals surface area contributed by atoms with E-state index in [1.165, 1.54) is 43.2 Å². The van der Waals surface area contributed by atoms with Gasteiger partial charge in [0.1, 0.15) is 0 Å². The Balaban J connectivity index is 1.97. The van der Waals surface area contributed by atoms with Crippen molar-refractivity contribution in [3.05, 3.63) is 47.7 Å². The number of benzene rings is 1. The Kier molecular flexibility index (Phi) is 4.72. The average molecular weight is 324 g/mol. The summed E-state index contributed by atoms with van der Waals surface area (Å²) < 4.78 is 0. The number of aromatic nitrogens is 1. The highest BCUT2D eigenvalue weighted by Gasteiger charge is 2.24. The van der Waals surface area contributed by atoms with Crippen molar-refractivity contribution in [2.45, 2.75) is 58.7 Å². The van der Waals surface area contributed by atoms with Gasteiger partial charge in [-0.3, -0.25) is 4.98 Å². The van der Waals surface area contributed by atoms with Crippen LogP contribution in [0.2, 0.25) is 19.6 Å². The van der Waals surface area contributed by atoms with E-state index in [-0.39, 0.29) is 0 Å². The van der Waals surface area contributed by atoms with Gasteiger partial charge in [0, 0.05) is 11.8 Å². The molecule has 1 aromatic heterocycles. The molecule has 0 atom stereocenters. The molecule has 0 spiro atoms. The molecule has 1 aliphatic rings. The van der Waals surface area contributed by atoms with E-state index in [0.29, 0.717) is 0 Å². The largest absolute Gasteiger partial charge is 0.256 e. The second-order valence-corrected chi connectivity index (χ2v) is 13.2. The topological polar surface area (TPSA) is 12.9 Å².